The Bertz CT molecular complexity index is 795. The van der Waals surface area contributed by atoms with Crippen molar-refractivity contribution in [3.63, 3.8) is 0 Å². The van der Waals surface area contributed by atoms with Gasteiger partial charge in [-0.2, -0.15) is 0 Å². The van der Waals surface area contributed by atoms with E-state index in [1.54, 1.807) is 12.1 Å². The third kappa shape index (κ3) is 2.68. The number of rotatable bonds is 0. The Morgan fingerprint density at radius 3 is 2.05 bits per heavy atom. The first-order chi connectivity index (χ1) is 9.41. The van der Waals surface area contributed by atoms with E-state index in [2.05, 4.69) is 28.1 Å². The molecule has 0 unspecified atom stereocenters. The molecule has 1 heterocycles. The highest BCUT2D eigenvalue weighted by molar-refractivity contribution is 5.83. The molecule has 0 N–H and O–H groups in total. The molecular weight excluding hydrogens is 272 g/mol. The van der Waals surface area contributed by atoms with E-state index in [4.69, 9.17) is 0 Å². The monoisotopic (exact) mass is 284 g/mol. The van der Waals surface area contributed by atoms with Crippen LogP contribution in [0.4, 0.5) is 0 Å². The summed E-state index contributed by atoms with van der Waals surface area (Å²) in [7, 11) is 0. The van der Waals surface area contributed by atoms with E-state index in [-0.39, 0.29) is 10.8 Å². The minimum absolute atomic E-state index is 0.000833. The largest absolute Gasteiger partial charge is 0.391 e. The third-order valence-electron chi connectivity index (χ3n) is 2.60. The van der Waals surface area contributed by atoms with Crippen LogP contribution in [0.15, 0.2) is 55.9 Å². The van der Waals surface area contributed by atoms with Crippen LogP contribution in [0.3, 0.4) is 0 Å². The number of hydrogen-bond donors (Lipinski definition) is 0. The van der Waals surface area contributed by atoms with Gasteiger partial charge < -0.3 is 0 Å². The van der Waals surface area contributed by atoms with Crippen LogP contribution in [0, 0.1) is 0 Å². The van der Waals surface area contributed by atoms with E-state index >= 15 is 0 Å². The van der Waals surface area contributed by atoms with Gasteiger partial charge in [0, 0.05) is 0 Å². The fraction of sp³-hybridized carbons (Fsp3) is 0.333. The Hall–Kier alpha value is -2.64. The van der Waals surface area contributed by atoms with Crippen LogP contribution >= 0.6 is 0 Å². The molecule has 0 saturated carbocycles. The van der Waals surface area contributed by atoms with E-state index in [9.17, 15) is 9.59 Å². The Morgan fingerprint density at radius 1 is 0.850 bits per heavy atom. The second-order valence-electron chi connectivity index (χ2n) is 4.99. The molecule has 1 aromatic carbocycles. The van der Waals surface area contributed by atoms with Crippen molar-refractivity contribution in [1.29, 1.82) is 0 Å². The van der Waals surface area contributed by atoms with Crippen molar-refractivity contribution in [3.05, 3.63) is 44.6 Å². The van der Waals surface area contributed by atoms with E-state index in [1.165, 1.54) is 6.07 Å². The van der Waals surface area contributed by atoms with Gasteiger partial charge in [0.2, 0.25) is 0 Å². The lowest BCUT2D eigenvalue weighted by atomic mass is 9.84. The summed E-state index contributed by atoms with van der Waals surface area (Å²) in [4.78, 5) is 23.8. The van der Waals surface area contributed by atoms with Gasteiger partial charge in [-0.25, -0.2) is 18.7 Å². The third-order valence-corrected chi connectivity index (χ3v) is 2.60. The van der Waals surface area contributed by atoms with Crippen LogP contribution in [0.1, 0.15) is 26.3 Å². The molecule has 0 aliphatic carbocycles. The highest BCUT2D eigenvalue weighted by atomic mass is 17.5. The van der Waals surface area contributed by atoms with Gasteiger partial charge in [0.15, 0.2) is 0 Å². The molecule has 2 rings (SSSR count). The maximum atomic E-state index is 12.0. The molecule has 0 radical (unpaired) electrons. The van der Waals surface area contributed by atoms with Gasteiger partial charge in [0.05, 0.1) is 10.8 Å². The molecule has 108 valence electrons. The smallest absolute Gasteiger partial charge is 0.241 e. The maximum Gasteiger partial charge on any atom is 0.391 e. The summed E-state index contributed by atoms with van der Waals surface area (Å²) in [6.45, 7) is 5.62. The van der Waals surface area contributed by atoms with Crippen LogP contribution < -0.4 is 11.3 Å². The molecule has 0 spiro atoms. The summed E-state index contributed by atoms with van der Waals surface area (Å²) in [5.41, 5.74) is -1.71. The Kier molecular flexibility index (Phi) is 3.55. The van der Waals surface area contributed by atoms with Crippen molar-refractivity contribution in [3.8, 4) is 0 Å². The van der Waals surface area contributed by atoms with Gasteiger partial charge in [-0.05, 0) is 36.0 Å². The minimum Gasteiger partial charge on any atom is -0.241 e. The van der Waals surface area contributed by atoms with E-state index in [0.717, 1.165) is 0 Å². The van der Waals surface area contributed by atoms with Gasteiger partial charge in [-0.1, -0.05) is 32.9 Å². The first-order valence-electron chi connectivity index (χ1n) is 5.64. The van der Waals surface area contributed by atoms with Gasteiger partial charge in [-0.3, -0.25) is 0 Å². The predicted molar refractivity (Wildman–Crippen MR) is 64.0 cm³/mol. The summed E-state index contributed by atoms with van der Waals surface area (Å²) in [5, 5.41) is -0.0457. The fourth-order valence-electron chi connectivity index (χ4n) is 1.77. The van der Waals surface area contributed by atoms with Gasteiger partial charge >= 0.3 is 11.3 Å². The zero-order chi connectivity index (χ0) is 14.8. The van der Waals surface area contributed by atoms with Crippen molar-refractivity contribution in [1.82, 2.24) is 0 Å². The molecule has 0 saturated heterocycles. The number of hydrogen-bond acceptors (Lipinski definition) is 8. The van der Waals surface area contributed by atoms with Crippen LogP contribution in [0.25, 0.3) is 10.8 Å². The maximum absolute atomic E-state index is 12.0. The Labute approximate surface area is 110 Å². The summed E-state index contributed by atoms with van der Waals surface area (Å²) in [6.07, 6.45) is 0. The molecule has 1 aromatic heterocycles. The van der Waals surface area contributed by atoms with Gasteiger partial charge in [-0.15, -0.1) is 0 Å². The van der Waals surface area contributed by atoms with Crippen LogP contribution in [0.5, 0.6) is 0 Å². The van der Waals surface area contributed by atoms with Crippen LogP contribution in [-0.4, -0.2) is 0 Å². The quantitative estimate of drug-likeness (QED) is 0.678. The average Bonchev–Trinajstić information content (AvgIpc) is 2.39. The Morgan fingerprint density at radius 2 is 1.45 bits per heavy atom. The van der Waals surface area contributed by atoms with Crippen LogP contribution in [-0.2, 0) is 5.41 Å². The molecule has 8 heteroatoms. The molecule has 2 aromatic rings. The summed E-state index contributed by atoms with van der Waals surface area (Å²) in [5.74, 6) is 0. The minimum atomic E-state index is -0.937. The first kappa shape index (κ1) is 13.8. The van der Waals surface area contributed by atoms with Crippen molar-refractivity contribution in [2.75, 3.05) is 0 Å². The first-order valence-corrected chi connectivity index (χ1v) is 5.64. The molecule has 20 heavy (non-hydrogen) atoms. The lowest BCUT2D eigenvalue weighted by Gasteiger charge is -2.19. The van der Waals surface area contributed by atoms with Crippen molar-refractivity contribution < 1.29 is 28.1 Å². The second-order valence-corrected chi connectivity index (χ2v) is 4.99. The normalized spacial score (nSPS) is 11.2. The van der Waals surface area contributed by atoms with Crippen LogP contribution in [0.2, 0.25) is 0 Å². The molecule has 0 bridgehead atoms. The summed E-state index contributed by atoms with van der Waals surface area (Å²) in [6, 6.07) is 4.69. The van der Waals surface area contributed by atoms with E-state index in [0.29, 0.717) is 5.56 Å². The molecule has 8 nitrogen and oxygen atoms in total. The Balaban J connectivity index is 3.14. The SMILES string of the molecule is CC(C)(C)c1cccc2c(=O)ooooooc(=O)c12. The summed E-state index contributed by atoms with van der Waals surface area (Å²) >= 11 is 0. The van der Waals surface area contributed by atoms with Gasteiger partial charge in [0.25, 0.3) is 0 Å². The predicted octanol–water partition coefficient (Wildman–Crippen LogP) is 2.66. The fourth-order valence-corrected chi connectivity index (χ4v) is 1.77. The topological polar surface area (TPSA) is 113 Å². The lowest BCUT2D eigenvalue weighted by molar-refractivity contribution is -0.416. The van der Waals surface area contributed by atoms with Crippen molar-refractivity contribution >= 4 is 10.8 Å². The average molecular weight is 284 g/mol. The van der Waals surface area contributed by atoms with Crippen molar-refractivity contribution in [2.24, 2.45) is 0 Å². The van der Waals surface area contributed by atoms with E-state index < -0.39 is 16.7 Å². The zero-order valence-corrected chi connectivity index (χ0v) is 11.0. The highest BCUT2D eigenvalue weighted by Crippen LogP contribution is 2.26. The molecule has 0 aliphatic rings. The molecule has 0 amide bonds. The van der Waals surface area contributed by atoms with Crippen molar-refractivity contribution in [2.45, 2.75) is 26.2 Å². The summed E-state index contributed by atoms with van der Waals surface area (Å²) < 4.78 is 24.2. The molecule has 0 fully saturated rings. The van der Waals surface area contributed by atoms with E-state index in [1.807, 2.05) is 20.8 Å². The zero-order valence-electron chi connectivity index (χ0n) is 11.0. The van der Waals surface area contributed by atoms with Gasteiger partial charge in [0.1, 0.15) is 0 Å². The number of benzene rings is 1. The highest BCUT2D eigenvalue weighted by Gasteiger charge is 2.20. The molecular formula is C12H12O8. The second kappa shape index (κ2) is 5.16. The lowest BCUT2D eigenvalue weighted by Crippen LogP contribution is -2.16. The molecule has 0 aliphatic heterocycles. The standard InChI is InChI=1S/C12H12O8/c1-12(2,3)8-6-4-5-7-9(8)11(14)16-18-20-19-17-15-10(7)13/h4-6H,1-3H3. The number of fused-ring (bicyclic) bond motifs is 1. The molecule has 0 atom stereocenters.